The van der Waals surface area contributed by atoms with Gasteiger partial charge in [0.1, 0.15) is 0 Å². The van der Waals surface area contributed by atoms with Crippen LogP contribution in [0, 0.1) is 5.92 Å². The Kier molecular flexibility index (Phi) is 7.20. The molecule has 1 saturated heterocycles. The molecule has 0 aromatic rings. The molecule has 1 aliphatic rings. The lowest BCUT2D eigenvalue weighted by Crippen LogP contribution is -2.47. The highest BCUT2D eigenvalue weighted by molar-refractivity contribution is 4.84. The predicted octanol–water partition coefficient (Wildman–Crippen LogP) is 2.51. The van der Waals surface area contributed by atoms with E-state index < -0.39 is 0 Å². The lowest BCUT2D eigenvalue weighted by Gasteiger charge is -2.39. The average Bonchev–Trinajstić information content (AvgIpc) is 2.33. The molecule has 1 aliphatic heterocycles. The first-order chi connectivity index (χ1) is 8.56. The molecule has 1 heterocycles. The van der Waals surface area contributed by atoms with Gasteiger partial charge in [-0.3, -0.25) is 0 Å². The monoisotopic (exact) mass is 256 g/mol. The number of hydrogen-bond acceptors (Lipinski definition) is 3. The van der Waals surface area contributed by atoms with Gasteiger partial charge < -0.3 is 15.0 Å². The van der Waals surface area contributed by atoms with Crippen molar-refractivity contribution in [3.8, 4) is 0 Å². The molecular formula is C15H32N2O. The fraction of sp³-hybridized carbons (Fsp3) is 1.00. The van der Waals surface area contributed by atoms with Gasteiger partial charge in [-0.1, -0.05) is 13.8 Å². The maximum Gasteiger partial charge on any atom is 0.0777 e. The summed E-state index contributed by atoms with van der Waals surface area (Å²) >= 11 is 0. The molecule has 1 N–H and O–H groups in total. The van der Waals surface area contributed by atoms with Crippen molar-refractivity contribution in [1.82, 2.24) is 10.2 Å². The molecule has 108 valence electrons. The van der Waals surface area contributed by atoms with Gasteiger partial charge in [0, 0.05) is 13.7 Å². The zero-order valence-electron chi connectivity index (χ0n) is 12.8. The Labute approximate surface area is 113 Å². The van der Waals surface area contributed by atoms with E-state index in [9.17, 15) is 0 Å². The van der Waals surface area contributed by atoms with Gasteiger partial charge in [-0.25, -0.2) is 0 Å². The first-order valence-electron chi connectivity index (χ1n) is 7.54. The van der Waals surface area contributed by atoms with Crippen LogP contribution in [0.5, 0.6) is 0 Å². The topological polar surface area (TPSA) is 24.5 Å². The van der Waals surface area contributed by atoms with Crippen LogP contribution in [0.25, 0.3) is 0 Å². The summed E-state index contributed by atoms with van der Waals surface area (Å²) in [7, 11) is 1.85. The van der Waals surface area contributed by atoms with Crippen molar-refractivity contribution < 1.29 is 4.74 Å². The summed E-state index contributed by atoms with van der Waals surface area (Å²) in [6.45, 7) is 12.6. The molecule has 0 aromatic heterocycles. The van der Waals surface area contributed by atoms with Crippen LogP contribution >= 0.6 is 0 Å². The number of nitrogens with one attached hydrogen (secondary N) is 1. The molecule has 18 heavy (non-hydrogen) atoms. The van der Waals surface area contributed by atoms with Crippen molar-refractivity contribution >= 4 is 0 Å². The Morgan fingerprint density at radius 2 is 2.11 bits per heavy atom. The number of nitrogens with zero attached hydrogens (tertiary/aromatic N) is 1. The van der Waals surface area contributed by atoms with Crippen LogP contribution in [0.15, 0.2) is 0 Å². The van der Waals surface area contributed by atoms with E-state index in [-0.39, 0.29) is 5.60 Å². The largest absolute Gasteiger partial charge is 0.377 e. The van der Waals surface area contributed by atoms with Crippen LogP contribution in [-0.2, 0) is 4.74 Å². The van der Waals surface area contributed by atoms with Gasteiger partial charge >= 0.3 is 0 Å². The lowest BCUT2D eigenvalue weighted by molar-refractivity contribution is -0.0508. The number of methoxy groups -OCH3 is 1. The van der Waals surface area contributed by atoms with Gasteiger partial charge in [-0.05, 0) is 64.7 Å². The normalized spacial score (nSPS) is 25.8. The standard InChI is InChI=1S/C15H32N2O/c1-14(2)12-16-9-5-6-10-17-11-7-8-15(3,13-17)18-4/h14,16H,5-13H2,1-4H3. The van der Waals surface area contributed by atoms with Crippen molar-refractivity contribution in [3.05, 3.63) is 0 Å². The molecule has 0 radical (unpaired) electrons. The van der Waals surface area contributed by atoms with E-state index in [4.69, 9.17) is 4.74 Å². The van der Waals surface area contributed by atoms with Crippen LogP contribution < -0.4 is 5.32 Å². The molecule has 0 amide bonds. The summed E-state index contributed by atoms with van der Waals surface area (Å²) in [5, 5.41) is 3.51. The molecule has 3 heteroatoms. The van der Waals surface area contributed by atoms with E-state index >= 15 is 0 Å². The highest BCUT2D eigenvalue weighted by Gasteiger charge is 2.30. The third-order valence-corrected chi connectivity index (χ3v) is 3.86. The summed E-state index contributed by atoms with van der Waals surface area (Å²) in [5.41, 5.74) is 0.0914. The summed E-state index contributed by atoms with van der Waals surface area (Å²) in [4.78, 5) is 2.56. The molecule has 0 aliphatic carbocycles. The van der Waals surface area contributed by atoms with Crippen LogP contribution in [0.2, 0.25) is 0 Å². The Bertz CT molecular complexity index is 221. The van der Waals surface area contributed by atoms with Crippen LogP contribution in [-0.4, -0.2) is 50.3 Å². The van der Waals surface area contributed by atoms with Gasteiger partial charge in [-0.2, -0.15) is 0 Å². The molecule has 1 unspecified atom stereocenters. The minimum absolute atomic E-state index is 0.0914. The number of rotatable bonds is 8. The summed E-state index contributed by atoms with van der Waals surface area (Å²) in [6.07, 6.45) is 5.06. The highest BCUT2D eigenvalue weighted by atomic mass is 16.5. The number of ether oxygens (including phenoxy) is 1. The van der Waals surface area contributed by atoms with Crippen molar-refractivity contribution in [2.24, 2.45) is 5.92 Å². The molecule has 1 fully saturated rings. The molecule has 1 rings (SSSR count). The lowest BCUT2D eigenvalue weighted by atomic mass is 9.94. The average molecular weight is 256 g/mol. The van der Waals surface area contributed by atoms with Gasteiger partial charge in [0.2, 0.25) is 0 Å². The molecule has 0 saturated carbocycles. The van der Waals surface area contributed by atoms with Crippen LogP contribution in [0.4, 0.5) is 0 Å². The maximum atomic E-state index is 5.63. The number of hydrogen-bond donors (Lipinski definition) is 1. The third-order valence-electron chi connectivity index (χ3n) is 3.86. The first-order valence-corrected chi connectivity index (χ1v) is 7.54. The Morgan fingerprint density at radius 1 is 1.33 bits per heavy atom. The van der Waals surface area contributed by atoms with E-state index in [2.05, 4.69) is 31.0 Å². The zero-order valence-corrected chi connectivity index (χ0v) is 12.8. The first kappa shape index (κ1) is 15.9. The number of piperidine rings is 1. The molecule has 0 spiro atoms. The van der Waals surface area contributed by atoms with E-state index in [1.54, 1.807) is 0 Å². The molecule has 3 nitrogen and oxygen atoms in total. The highest BCUT2D eigenvalue weighted by Crippen LogP contribution is 2.23. The van der Waals surface area contributed by atoms with Crippen LogP contribution in [0.1, 0.15) is 46.5 Å². The van der Waals surface area contributed by atoms with Crippen molar-refractivity contribution in [1.29, 1.82) is 0 Å². The number of likely N-dealkylation sites (tertiary alicyclic amines) is 1. The van der Waals surface area contributed by atoms with E-state index in [0.29, 0.717) is 0 Å². The SMILES string of the molecule is COC1(C)CCCN(CCCCNCC(C)C)C1. The Morgan fingerprint density at radius 3 is 2.78 bits per heavy atom. The second-order valence-corrected chi connectivity index (χ2v) is 6.34. The van der Waals surface area contributed by atoms with E-state index in [1.807, 2.05) is 7.11 Å². The van der Waals surface area contributed by atoms with Gasteiger partial charge in [0.25, 0.3) is 0 Å². The van der Waals surface area contributed by atoms with Crippen molar-refractivity contribution in [2.75, 3.05) is 39.8 Å². The van der Waals surface area contributed by atoms with Gasteiger partial charge in [0.15, 0.2) is 0 Å². The fourth-order valence-corrected chi connectivity index (χ4v) is 2.64. The zero-order chi connectivity index (χ0) is 13.4. The predicted molar refractivity (Wildman–Crippen MR) is 78.0 cm³/mol. The second kappa shape index (κ2) is 8.13. The van der Waals surface area contributed by atoms with Gasteiger partial charge in [-0.15, -0.1) is 0 Å². The summed E-state index contributed by atoms with van der Waals surface area (Å²) in [5.74, 6) is 0.759. The third kappa shape index (κ3) is 6.17. The molecular weight excluding hydrogens is 224 g/mol. The van der Waals surface area contributed by atoms with Crippen molar-refractivity contribution in [3.63, 3.8) is 0 Å². The van der Waals surface area contributed by atoms with Gasteiger partial charge in [0.05, 0.1) is 5.60 Å². The molecule has 0 bridgehead atoms. The smallest absolute Gasteiger partial charge is 0.0777 e. The Hall–Kier alpha value is -0.120. The minimum atomic E-state index is 0.0914. The Balaban J connectivity index is 2.05. The minimum Gasteiger partial charge on any atom is -0.377 e. The van der Waals surface area contributed by atoms with E-state index in [0.717, 1.165) is 25.6 Å². The number of unbranched alkanes of at least 4 members (excludes halogenated alkanes) is 1. The molecule has 1 atom stereocenters. The summed E-state index contributed by atoms with van der Waals surface area (Å²) in [6, 6.07) is 0. The quantitative estimate of drug-likeness (QED) is 0.675. The second-order valence-electron chi connectivity index (χ2n) is 6.34. The fourth-order valence-electron chi connectivity index (χ4n) is 2.64. The maximum absolute atomic E-state index is 5.63. The molecule has 0 aromatic carbocycles. The summed E-state index contributed by atoms with van der Waals surface area (Å²) < 4.78 is 5.63. The van der Waals surface area contributed by atoms with Crippen molar-refractivity contribution in [2.45, 2.75) is 52.1 Å². The van der Waals surface area contributed by atoms with Crippen LogP contribution in [0.3, 0.4) is 0 Å². The van der Waals surface area contributed by atoms with E-state index in [1.165, 1.54) is 38.8 Å².